The van der Waals surface area contributed by atoms with Gasteiger partial charge in [-0.05, 0) is 31.0 Å². The summed E-state index contributed by atoms with van der Waals surface area (Å²) in [4.78, 5) is 25.5. The van der Waals surface area contributed by atoms with Gasteiger partial charge < -0.3 is 5.11 Å². The van der Waals surface area contributed by atoms with Crippen LogP contribution in [0.4, 0.5) is 4.39 Å². The van der Waals surface area contributed by atoms with Gasteiger partial charge >= 0.3 is 0 Å². The Bertz CT molecular complexity index is 578. The predicted octanol–water partition coefficient (Wildman–Crippen LogP) is 2.12. The van der Waals surface area contributed by atoms with Crippen LogP contribution in [0.1, 0.15) is 52.8 Å². The van der Waals surface area contributed by atoms with E-state index in [0.29, 0.717) is 12.8 Å². The van der Waals surface area contributed by atoms with Crippen LogP contribution in [0.5, 0.6) is 0 Å². The molecule has 0 bridgehead atoms. The third-order valence-corrected chi connectivity index (χ3v) is 4.17. The van der Waals surface area contributed by atoms with Crippen molar-refractivity contribution in [3.8, 4) is 0 Å². The minimum atomic E-state index is -0.996. The van der Waals surface area contributed by atoms with E-state index in [2.05, 4.69) is 0 Å². The predicted molar refractivity (Wildman–Crippen MR) is 69.8 cm³/mol. The van der Waals surface area contributed by atoms with E-state index in [1.807, 2.05) is 0 Å². The number of rotatable bonds is 2. The van der Waals surface area contributed by atoms with E-state index < -0.39 is 23.2 Å². The molecule has 1 aliphatic carbocycles. The molecule has 3 rings (SSSR count). The molecule has 0 radical (unpaired) electrons. The smallest absolute Gasteiger partial charge is 0.261 e. The Labute approximate surface area is 116 Å². The molecule has 4 nitrogen and oxygen atoms in total. The maximum Gasteiger partial charge on any atom is 0.261 e. The van der Waals surface area contributed by atoms with Gasteiger partial charge in [0.2, 0.25) is 0 Å². The highest BCUT2D eigenvalue weighted by atomic mass is 19.1. The van der Waals surface area contributed by atoms with E-state index >= 15 is 0 Å². The van der Waals surface area contributed by atoms with E-state index in [9.17, 15) is 19.1 Å². The molecule has 1 N–H and O–H groups in total. The standard InChI is InChI=1S/C15H16FNO3/c16-10-4-5-11-12(8-10)14(19)17(13(11)18)9-15(20)6-2-1-3-7-15/h4-5,8,20H,1-3,6-7,9H2. The van der Waals surface area contributed by atoms with Gasteiger partial charge in [-0.2, -0.15) is 0 Å². The molecule has 1 aromatic carbocycles. The number of aliphatic hydroxyl groups is 1. The molecule has 0 spiro atoms. The minimum absolute atomic E-state index is 0.000958. The normalized spacial score (nSPS) is 21.2. The van der Waals surface area contributed by atoms with Gasteiger partial charge in [0.1, 0.15) is 5.82 Å². The van der Waals surface area contributed by atoms with Crippen molar-refractivity contribution >= 4 is 11.8 Å². The number of nitrogens with zero attached hydrogens (tertiary/aromatic N) is 1. The van der Waals surface area contributed by atoms with Crippen LogP contribution in [0.15, 0.2) is 18.2 Å². The van der Waals surface area contributed by atoms with Crippen LogP contribution in [-0.2, 0) is 0 Å². The second-order valence-electron chi connectivity index (χ2n) is 5.67. The summed E-state index contributed by atoms with van der Waals surface area (Å²) in [5, 5.41) is 10.5. The summed E-state index contributed by atoms with van der Waals surface area (Å²) in [6.45, 7) is 0.000958. The van der Waals surface area contributed by atoms with Crippen LogP contribution in [-0.4, -0.2) is 34.0 Å². The molecular formula is C15H16FNO3. The molecule has 2 amide bonds. The molecule has 0 atom stereocenters. The second kappa shape index (κ2) is 4.66. The summed E-state index contributed by atoms with van der Waals surface area (Å²) >= 11 is 0. The quantitative estimate of drug-likeness (QED) is 0.842. The molecule has 0 unspecified atom stereocenters. The van der Waals surface area contributed by atoms with Crippen molar-refractivity contribution in [2.45, 2.75) is 37.7 Å². The lowest BCUT2D eigenvalue weighted by Crippen LogP contribution is -2.46. The summed E-state index contributed by atoms with van der Waals surface area (Å²) < 4.78 is 13.2. The fraction of sp³-hybridized carbons (Fsp3) is 0.467. The third-order valence-electron chi connectivity index (χ3n) is 4.17. The van der Waals surface area contributed by atoms with Crippen LogP contribution in [0, 0.1) is 5.82 Å². The van der Waals surface area contributed by atoms with Crippen LogP contribution >= 0.6 is 0 Å². The lowest BCUT2D eigenvalue weighted by Gasteiger charge is -2.34. The van der Waals surface area contributed by atoms with Crippen molar-refractivity contribution in [3.05, 3.63) is 35.1 Å². The van der Waals surface area contributed by atoms with E-state index in [0.717, 1.165) is 30.2 Å². The molecule has 1 aromatic rings. The number of imide groups is 1. The van der Waals surface area contributed by atoms with Crippen LogP contribution < -0.4 is 0 Å². The molecule has 1 fully saturated rings. The van der Waals surface area contributed by atoms with Crippen LogP contribution in [0.2, 0.25) is 0 Å². The average molecular weight is 277 g/mol. The van der Waals surface area contributed by atoms with Crippen LogP contribution in [0.25, 0.3) is 0 Å². The van der Waals surface area contributed by atoms with Gasteiger partial charge in [-0.3, -0.25) is 14.5 Å². The molecule has 1 heterocycles. The highest BCUT2D eigenvalue weighted by Crippen LogP contribution is 2.32. The summed E-state index contributed by atoms with van der Waals surface area (Å²) in [5.74, 6) is -1.49. The number of carbonyl (C=O) groups is 2. The summed E-state index contributed by atoms with van der Waals surface area (Å²) in [6, 6.07) is 3.58. The first kappa shape index (κ1) is 13.2. The van der Waals surface area contributed by atoms with Crippen LogP contribution in [0.3, 0.4) is 0 Å². The lowest BCUT2D eigenvalue weighted by molar-refractivity contribution is -0.0177. The Morgan fingerprint density at radius 3 is 2.45 bits per heavy atom. The number of fused-ring (bicyclic) bond motifs is 1. The van der Waals surface area contributed by atoms with Gasteiger partial charge in [-0.1, -0.05) is 19.3 Å². The van der Waals surface area contributed by atoms with Crippen molar-refractivity contribution in [3.63, 3.8) is 0 Å². The minimum Gasteiger partial charge on any atom is -0.388 e. The summed E-state index contributed by atoms with van der Waals surface area (Å²) in [7, 11) is 0. The fourth-order valence-corrected chi connectivity index (χ4v) is 3.07. The average Bonchev–Trinajstić information content (AvgIpc) is 2.64. The largest absolute Gasteiger partial charge is 0.388 e. The van der Waals surface area contributed by atoms with E-state index in [1.54, 1.807) is 0 Å². The van der Waals surface area contributed by atoms with Gasteiger partial charge in [0.05, 0.1) is 23.3 Å². The Morgan fingerprint density at radius 1 is 1.10 bits per heavy atom. The topological polar surface area (TPSA) is 57.6 Å². The molecule has 1 aliphatic heterocycles. The first-order valence-corrected chi connectivity index (χ1v) is 6.88. The lowest BCUT2D eigenvalue weighted by atomic mass is 9.84. The highest BCUT2D eigenvalue weighted by molar-refractivity contribution is 6.21. The zero-order valence-electron chi connectivity index (χ0n) is 11.1. The number of benzene rings is 1. The van der Waals surface area contributed by atoms with Crippen molar-refractivity contribution in [1.29, 1.82) is 0 Å². The number of hydrogen-bond acceptors (Lipinski definition) is 3. The Balaban J connectivity index is 1.86. The van der Waals surface area contributed by atoms with Crippen molar-refractivity contribution < 1.29 is 19.1 Å². The SMILES string of the molecule is O=C1c2ccc(F)cc2C(=O)N1CC1(O)CCCCC1. The summed E-state index contributed by atoms with van der Waals surface area (Å²) in [5.41, 5.74) is -0.685. The molecule has 0 aromatic heterocycles. The number of halogens is 1. The first-order valence-electron chi connectivity index (χ1n) is 6.88. The monoisotopic (exact) mass is 277 g/mol. The van der Waals surface area contributed by atoms with E-state index in [-0.39, 0.29) is 17.7 Å². The molecule has 5 heteroatoms. The number of hydrogen-bond donors (Lipinski definition) is 1. The van der Waals surface area contributed by atoms with Gasteiger partial charge in [-0.15, -0.1) is 0 Å². The van der Waals surface area contributed by atoms with Gasteiger partial charge in [0, 0.05) is 0 Å². The molecule has 0 saturated heterocycles. The maximum absolute atomic E-state index is 13.2. The second-order valence-corrected chi connectivity index (χ2v) is 5.67. The Morgan fingerprint density at radius 2 is 1.75 bits per heavy atom. The zero-order valence-corrected chi connectivity index (χ0v) is 11.1. The molecule has 20 heavy (non-hydrogen) atoms. The molecular weight excluding hydrogens is 261 g/mol. The number of carbonyl (C=O) groups excluding carboxylic acids is 2. The van der Waals surface area contributed by atoms with Crippen molar-refractivity contribution in [2.24, 2.45) is 0 Å². The summed E-state index contributed by atoms with van der Waals surface area (Å²) in [6.07, 6.45) is 4.04. The number of amides is 2. The van der Waals surface area contributed by atoms with Gasteiger partial charge in [0.25, 0.3) is 11.8 Å². The third kappa shape index (κ3) is 2.12. The maximum atomic E-state index is 13.2. The van der Waals surface area contributed by atoms with E-state index in [4.69, 9.17) is 0 Å². The molecule has 106 valence electrons. The zero-order chi connectivity index (χ0) is 14.3. The van der Waals surface area contributed by atoms with Crippen molar-refractivity contribution in [1.82, 2.24) is 4.90 Å². The molecule has 1 saturated carbocycles. The fourth-order valence-electron chi connectivity index (χ4n) is 3.07. The first-order chi connectivity index (χ1) is 9.50. The van der Waals surface area contributed by atoms with Gasteiger partial charge in [0.15, 0.2) is 0 Å². The highest BCUT2D eigenvalue weighted by Gasteiger charge is 2.41. The number of β-amino-alcohol motifs (C(OH)–C–C–N with tert-alkyl or cyclic N) is 1. The Hall–Kier alpha value is -1.75. The van der Waals surface area contributed by atoms with Gasteiger partial charge in [-0.25, -0.2) is 4.39 Å². The van der Waals surface area contributed by atoms with Crippen molar-refractivity contribution in [2.75, 3.05) is 6.54 Å². The Kier molecular flexibility index (Phi) is 3.09. The molecule has 2 aliphatic rings. The van der Waals surface area contributed by atoms with E-state index in [1.165, 1.54) is 12.1 Å².